The van der Waals surface area contributed by atoms with Gasteiger partial charge >= 0.3 is 5.97 Å². The van der Waals surface area contributed by atoms with Crippen LogP contribution in [0.15, 0.2) is 12.4 Å². The molecule has 0 saturated carbocycles. The van der Waals surface area contributed by atoms with Gasteiger partial charge in [0.25, 0.3) is 0 Å². The van der Waals surface area contributed by atoms with Crippen molar-refractivity contribution in [3.8, 4) is 0 Å². The molecule has 2 heterocycles. The Morgan fingerprint density at radius 1 is 1.55 bits per heavy atom. The number of hydrogen-bond acceptors (Lipinski definition) is 4. The quantitative estimate of drug-likeness (QED) is 0.821. The summed E-state index contributed by atoms with van der Waals surface area (Å²) in [5, 5.41) is 16.0. The minimum absolute atomic E-state index is 0.190. The van der Waals surface area contributed by atoms with Gasteiger partial charge in [-0.05, 0) is 18.8 Å². The summed E-state index contributed by atoms with van der Waals surface area (Å²) in [6.07, 6.45) is 4.13. The summed E-state index contributed by atoms with van der Waals surface area (Å²) in [6, 6.07) is -0.859. The smallest absolute Gasteiger partial charge is 0.326 e. The van der Waals surface area contributed by atoms with Crippen LogP contribution in [-0.2, 0) is 21.4 Å². The average molecular weight is 309 g/mol. The number of nitrogens with one attached hydrogen (secondary N) is 1. The maximum absolute atomic E-state index is 12.5. The number of rotatable bonds is 6. The first kappa shape index (κ1) is 16.5. The van der Waals surface area contributed by atoms with Gasteiger partial charge in [0.1, 0.15) is 6.04 Å². The van der Waals surface area contributed by atoms with Gasteiger partial charge in [0.05, 0.1) is 18.2 Å². The lowest BCUT2D eigenvalue weighted by Gasteiger charge is -2.21. The summed E-state index contributed by atoms with van der Waals surface area (Å²) in [7, 11) is 1.80. The van der Waals surface area contributed by atoms with Crippen molar-refractivity contribution in [2.75, 3.05) is 6.61 Å². The normalized spacial score (nSPS) is 22.7. The number of hydrogen-bond donors (Lipinski definition) is 2. The second kappa shape index (κ2) is 6.91. The molecule has 0 spiro atoms. The lowest BCUT2D eigenvalue weighted by molar-refractivity contribution is -0.143. The Hall–Kier alpha value is -1.89. The van der Waals surface area contributed by atoms with Crippen LogP contribution in [-0.4, -0.2) is 39.4 Å². The number of carbonyl (C=O) groups excluding carboxylic acids is 1. The molecule has 1 aliphatic heterocycles. The van der Waals surface area contributed by atoms with Gasteiger partial charge in [-0.15, -0.1) is 0 Å². The van der Waals surface area contributed by atoms with Crippen LogP contribution < -0.4 is 5.32 Å². The van der Waals surface area contributed by atoms with Gasteiger partial charge in [-0.1, -0.05) is 13.8 Å². The third-order valence-corrected chi connectivity index (χ3v) is 3.80. The first-order valence-corrected chi connectivity index (χ1v) is 7.51. The SMILES string of the molecule is CC(C)C[C@@H](NC(=O)[C@H]1CCO[C@@H]1c1cnn(C)c1)C(=O)O. The van der Waals surface area contributed by atoms with E-state index in [1.165, 1.54) is 0 Å². The number of ether oxygens (including phenoxy) is 1. The molecule has 0 unspecified atom stereocenters. The third-order valence-electron chi connectivity index (χ3n) is 3.80. The van der Waals surface area contributed by atoms with Crippen molar-refractivity contribution in [3.05, 3.63) is 18.0 Å². The van der Waals surface area contributed by atoms with Gasteiger partial charge in [-0.2, -0.15) is 5.10 Å². The van der Waals surface area contributed by atoms with Crippen molar-refractivity contribution in [2.24, 2.45) is 18.9 Å². The van der Waals surface area contributed by atoms with Crippen molar-refractivity contribution in [1.82, 2.24) is 15.1 Å². The Morgan fingerprint density at radius 3 is 2.82 bits per heavy atom. The van der Waals surface area contributed by atoms with Crippen LogP contribution in [0.2, 0.25) is 0 Å². The number of carbonyl (C=O) groups is 2. The Morgan fingerprint density at radius 2 is 2.27 bits per heavy atom. The zero-order chi connectivity index (χ0) is 16.3. The van der Waals surface area contributed by atoms with E-state index in [2.05, 4.69) is 10.4 Å². The monoisotopic (exact) mass is 309 g/mol. The van der Waals surface area contributed by atoms with Crippen molar-refractivity contribution in [1.29, 1.82) is 0 Å². The summed E-state index contributed by atoms with van der Waals surface area (Å²) < 4.78 is 7.31. The molecular weight excluding hydrogens is 286 g/mol. The Labute approximate surface area is 129 Å². The molecule has 7 heteroatoms. The van der Waals surface area contributed by atoms with E-state index in [9.17, 15) is 14.7 Å². The zero-order valence-electron chi connectivity index (χ0n) is 13.2. The average Bonchev–Trinajstić information content (AvgIpc) is 3.05. The Balaban J connectivity index is 2.05. The molecule has 0 bridgehead atoms. The molecule has 1 aromatic heterocycles. The summed E-state index contributed by atoms with van der Waals surface area (Å²) in [4.78, 5) is 23.7. The number of amides is 1. The number of aromatic nitrogens is 2. The van der Waals surface area contributed by atoms with E-state index in [1.54, 1.807) is 17.9 Å². The topological polar surface area (TPSA) is 93.5 Å². The Kier molecular flexibility index (Phi) is 5.18. The van der Waals surface area contributed by atoms with Crippen molar-refractivity contribution in [2.45, 2.75) is 38.8 Å². The molecule has 2 rings (SSSR count). The fraction of sp³-hybridized carbons (Fsp3) is 0.667. The predicted molar refractivity (Wildman–Crippen MR) is 79.0 cm³/mol. The molecular formula is C15H23N3O4. The molecule has 1 aliphatic rings. The van der Waals surface area contributed by atoms with Crippen LogP contribution in [0.1, 0.15) is 38.4 Å². The summed E-state index contributed by atoms with van der Waals surface area (Å²) >= 11 is 0. The number of carboxylic acids is 1. The highest BCUT2D eigenvalue weighted by Gasteiger charge is 2.37. The Bertz CT molecular complexity index is 541. The lowest BCUT2D eigenvalue weighted by Crippen LogP contribution is -2.44. The fourth-order valence-corrected chi connectivity index (χ4v) is 2.75. The predicted octanol–water partition coefficient (Wildman–Crippen LogP) is 1.11. The van der Waals surface area contributed by atoms with E-state index in [4.69, 9.17) is 4.74 Å². The van der Waals surface area contributed by atoms with Crippen molar-refractivity contribution in [3.63, 3.8) is 0 Å². The number of nitrogens with zero attached hydrogens (tertiary/aromatic N) is 2. The second-order valence-corrected chi connectivity index (χ2v) is 6.16. The largest absolute Gasteiger partial charge is 0.480 e. The van der Waals surface area contributed by atoms with E-state index in [-0.39, 0.29) is 23.8 Å². The molecule has 1 saturated heterocycles. The molecule has 7 nitrogen and oxygen atoms in total. The van der Waals surface area contributed by atoms with Crippen LogP contribution in [0.25, 0.3) is 0 Å². The van der Waals surface area contributed by atoms with E-state index >= 15 is 0 Å². The van der Waals surface area contributed by atoms with E-state index < -0.39 is 12.0 Å². The molecule has 1 amide bonds. The van der Waals surface area contributed by atoms with Gasteiger partial charge < -0.3 is 15.2 Å². The van der Waals surface area contributed by atoms with E-state index in [0.717, 1.165) is 5.56 Å². The van der Waals surface area contributed by atoms with Crippen LogP contribution in [0.5, 0.6) is 0 Å². The summed E-state index contributed by atoms with van der Waals surface area (Å²) in [5.74, 6) is -1.45. The third kappa shape index (κ3) is 3.85. The van der Waals surface area contributed by atoms with E-state index in [1.807, 2.05) is 20.0 Å². The van der Waals surface area contributed by atoms with E-state index in [0.29, 0.717) is 19.4 Å². The fourth-order valence-electron chi connectivity index (χ4n) is 2.75. The standard InChI is InChI=1S/C15H23N3O4/c1-9(2)6-12(15(20)21)17-14(19)11-4-5-22-13(11)10-7-16-18(3)8-10/h7-9,11-13H,4-6H2,1-3H3,(H,17,19)(H,20,21)/t11-,12+,13+/m0/s1. The van der Waals surface area contributed by atoms with Crippen molar-refractivity contribution < 1.29 is 19.4 Å². The number of aryl methyl sites for hydroxylation is 1. The highest BCUT2D eigenvalue weighted by atomic mass is 16.5. The van der Waals surface area contributed by atoms with Gasteiger partial charge in [-0.25, -0.2) is 4.79 Å². The first-order chi connectivity index (χ1) is 10.4. The maximum Gasteiger partial charge on any atom is 0.326 e. The molecule has 3 atom stereocenters. The number of aliphatic carboxylic acids is 1. The first-order valence-electron chi connectivity index (χ1n) is 7.51. The molecule has 122 valence electrons. The molecule has 2 N–H and O–H groups in total. The van der Waals surface area contributed by atoms with Gasteiger partial charge in [0, 0.05) is 25.4 Å². The highest BCUT2D eigenvalue weighted by molar-refractivity contribution is 5.85. The molecule has 0 aromatic carbocycles. The number of carboxylic acid groups (broad SMARTS) is 1. The van der Waals surface area contributed by atoms with Gasteiger partial charge in [-0.3, -0.25) is 9.48 Å². The second-order valence-electron chi connectivity index (χ2n) is 6.16. The van der Waals surface area contributed by atoms with Crippen molar-refractivity contribution >= 4 is 11.9 Å². The molecule has 0 radical (unpaired) electrons. The molecule has 22 heavy (non-hydrogen) atoms. The molecule has 1 aromatic rings. The lowest BCUT2D eigenvalue weighted by atomic mass is 9.95. The minimum atomic E-state index is -1.00. The zero-order valence-corrected chi connectivity index (χ0v) is 13.2. The summed E-state index contributed by atoms with van der Waals surface area (Å²) in [5.41, 5.74) is 0.843. The minimum Gasteiger partial charge on any atom is -0.480 e. The van der Waals surface area contributed by atoms with Crippen LogP contribution in [0.4, 0.5) is 0 Å². The molecule has 0 aliphatic carbocycles. The maximum atomic E-state index is 12.5. The van der Waals surface area contributed by atoms with Crippen LogP contribution >= 0.6 is 0 Å². The van der Waals surface area contributed by atoms with Gasteiger partial charge in [0.15, 0.2) is 0 Å². The van der Waals surface area contributed by atoms with Crippen LogP contribution in [0, 0.1) is 11.8 Å². The summed E-state index contributed by atoms with van der Waals surface area (Å²) in [6.45, 7) is 4.35. The van der Waals surface area contributed by atoms with Crippen LogP contribution in [0.3, 0.4) is 0 Å². The van der Waals surface area contributed by atoms with Gasteiger partial charge in [0.2, 0.25) is 5.91 Å². The highest BCUT2D eigenvalue weighted by Crippen LogP contribution is 2.34. The molecule has 1 fully saturated rings.